The molecule has 0 radical (unpaired) electrons. The Balaban J connectivity index is 1.78. The minimum atomic E-state index is -0.427. The SMILES string of the molecule is C#CCOCC1CCN(C(=O)Nc2ccccc2F)CC1. The van der Waals surface area contributed by atoms with Crippen molar-refractivity contribution in [1.82, 2.24) is 4.90 Å². The maximum atomic E-state index is 13.5. The smallest absolute Gasteiger partial charge is 0.321 e. The van der Waals surface area contributed by atoms with Crippen LogP contribution in [0.25, 0.3) is 0 Å². The van der Waals surface area contributed by atoms with Crippen molar-refractivity contribution in [3.05, 3.63) is 30.1 Å². The molecule has 0 unspecified atom stereocenters. The highest BCUT2D eigenvalue weighted by Gasteiger charge is 2.23. The molecule has 0 spiro atoms. The number of carbonyl (C=O) groups excluding carboxylic acids is 1. The Bertz CT molecular complexity index is 519. The third-order valence-corrected chi connectivity index (χ3v) is 3.56. The van der Waals surface area contributed by atoms with E-state index in [0.29, 0.717) is 32.2 Å². The van der Waals surface area contributed by atoms with Crippen molar-refractivity contribution in [3.63, 3.8) is 0 Å². The van der Waals surface area contributed by atoms with Gasteiger partial charge in [0.25, 0.3) is 0 Å². The van der Waals surface area contributed by atoms with Gasteiger partial charge in [0.15, 0.2) is 0 Å². The highest BCUT2D eigenvalue weighted by atomic mass is 19.1. The molecular formula is C16H19FN2O2. The van der Waals surface area contributed by atoms with E-state index in [9.17, 15) is 9.18 Å². The standard InChI is InChI=1S/C16H19FN2O2/c1-2-11-21-12-13-7-9-19(10-8-13)16(20)18-15-6-4-3-5-14(15)17/h1,3-6,13H,7-12H2,(H,18,20). The first kappa shape index (κ1) is 15.3. The molecule has 0 saturated carbocycles. The Kier molecular flexibility index (Phi) is 5.59. The summed E-state index contributed by atoms with van der Waals surface area (Å²) in [6, 6.07) is 5.89. The van der Waals surface area contributed by atoms with Crippen LogP contribution in [0.4, 0.5) is 14.9 Å². The molecule has 2 amide bonds. The molecule has 1 N–H and O–H groups in total. The van der Waals surface area contributed by atoms with Gasteiger partial charge < -0.3 is 15.0 Å². The average Bonchev–Trinajstić information content (AvgIpc) is 2.50. The molecule has 4 nitrogen and oxygen atoms in total. The van der Waals surface area contributed by atoms with Crippen LogP contribution in [0.2, 0.25) is 0 Å². The predicted octanol–water partition coefficient (Wildman–Crippen LogP) is 2.72. The van der Waals surface area contributed by atoms with Crippen LogP contribution in [0.3, 0.4) is 0 Å². The first-order valence-electron chi connectivity index (χ1n) is 7.02. The number of nitrogens with zero attached hydrogens (tertiary/aromatic N) is 1. The lowest BCUT2D eigenvalue weighted by Crippen LogP contribution is -2.41. The van der Waals surface area contributed by atoms with Crippen LogP contribution in [-0.4, -0.2) is 37.2 Å². The van der Waals surface area contributed by atoms with E-state index in [1.54, 1.807) is 23.1 Å². The lowest BCUT2D eigenvalue weighted by molar-refractivity contribution is 0.0932. The van der Waals surface area contributed by atoms with Crippen LogP contribution < -0.4 is 5.32 Å². The molecule has 2 rings (SSSR count). The largest absolute Gasteiger partial charge is 0.369 e. The minimum Gasteiger partial charge on any atom is -0.369 e. The zero-order valence-corrected chi connectivity index (χ0v) is 11.8. The van der Waals surface area contributed by atoms with Gasteiger partial charge in [0.05, 0.1) is 12.3 Å². The van der Waals surface area contributed by atoms with Gasteiger partial charge >= 0.3 is 6.03 Å². The van der Waals surface area contributed by atoms with Crippen LogP contribution in [-0.2, 0) is 4.74 Å². The van der Waals surface area contributed by atoms with Gasteiger partial charge in [-0.05, 0) is 30.9 Å². The number of para-hydroxylation sites is 1. The highest BCUT2D eigenvalue weighted by molar-refractivity contribution is 5.89. The maximum Gasteiger partial charge on any atom is 0.321 e. The molecule has 1 heterocycles. The number of nitrogens with one attached hydrogen (secondary N) is 1. The fraction of sp³-hybridized carbons (Fsp3) is 0.438. The topological polar surface area (TPSA) is 41.6 Å². The molecule has 0 atom stereocenters. The average molecular weight is 290 g/mol. The quantitative estimate of drug-likeness (QED) is 0.684. The third-order valence-electron chi connectivity index (χ3n) is 3.56. The van der Waals surface area contributed by atoms with Crippen molar-refractivity contribution < 1.29 is 13.9 Å². The van der Waals surface area contributed by atoms with Gasteiger partial charge in [-0.3, -0.25) is 0 Å². The van der Waals surface area contributed by atoms with Crippen LogP contribution in [0, 0.1) is 24.1 Å². The molecule has 1 aromatic rings. The molecule has 1 aliphatic heterocycles. The Morgan fingerprint density at radius 2 is 2.14 bits per heavy atom. The number of ether oxygens (including phenoxy) is 1. The molecule has 1 fully saturated rings. The van der Waals surface area contributed by atoms with Crippen molar-refractivity contribution in [3.8, 4) is 12.3 Å². The van der Waals surface area contributed by atoms with Crippen molar-refractivity contribution in [2.75, 3.05) is 31.6 Å². The second kappa shape index (κ2) is 7.65. The number of rotatable bonds is 4. The van der Waals surface area contributed by atoms with E-state index in [1.807, 2.05) is 0 Å². The van der Waals surface area contributed by atoms with Crippen LogP contribution in [0.1, 0.15) is 12.8 Å². The number of terminal acetylenes is 1. The number of anilines is 1. The van der Waals surface area contributed by atoms with E-state index < -0.39 is 5.82 Å². The molecule has 5 heteroatoms. The molecule has 0 aliphatic carbocycles. The third kappa shape index (κ3) is 4.47. The summed E-state index contributed by atoms with van der Waals surface area (Å²) in [5, 5.41) is 2.60. The van der Waals surface area contributed by atoms with Crippen molar-refractivity contribution in [1.29, 1.82) is 0 Å². The summed E-state index contributed by atoms with van der Waals surface area (Å²) < 4.78 is 18.8. The van der Waals surface area contributed by atoms with E-state index in [-0.39, 0.29) is 11.7 Å². The summed E-state index contributed by atoms with van der Waals surface area (Å²) in [5.74, 6) is 2.43. The number of hydrogen-bond donors (Lipinski definition) is 1. The number of halogens is 1. The Morgan fingerprint density at radius 1 is 1.43 bits per heavy atom. The zero-order valence-electron chi connectivity index (χ0n) is 11.8. The van der Waals surface area contributed by atoms with Gasteiger partial charge in [-0.15, -0.1) is 6.42 Å². The molecule has 112 valence electrons. The Labute approximate surface area is 124 Å². The number of urea groups is 1. The summed E-state index contributed by atoms with van der Waals surface area (Å²) in [6.45, 7) is 2.25. The number of piperidine rings is 1. The zero-order chi connectivity index (χ0) is 15.1. The summed E-state index contributed by atoms with van der Waals surface area (Å²) in [5.41, 5.74) is 0.210. The predicted molar refractivity (Wildman–Crippen MR) is 79.4 cm³/mol. The van der Waals surface area contributed by atoms with Gasteiger partial charge in [-0.1, -0.05) is 18.1 Å². The van der Waals surface area contributed by atoms with Crippen LogP contribution in [0.5, 0.6) is 0 Å². The number of likely N-dealkylation sites (tertiary alicyclic amines) is 1. The minimum absolute atomic E-state index is 0.210. The highest BCUT2D eigenvalue weighted by Crippen LogP contribution is 2.19. The van der Waals surface area contributed by atoms with E-state index >= 15 is 0 Å². The second-order valence-corrected chi connectivity index (χ2v) is 5.06. The molecule has 1 aromatic carbocycles. The molecule has 0 aromatic heterocycles. The molecule has 21 heavy (non-hydrogen) atoms. The number of carbonyl (C=O) groups is 1. The van der Waals surface area contributed by atoms with Crippen molar-refractivity contribution >= 4 is 11.7 Å². The van der Waals surface area contributed by atoms with E-state index in [4.69, 9.17) is 11.2 Å². The summed E-state index contributed by atoms with van der Waals surface area (Å²) >= 11 is 0. The molecule has 0 bridgehead atoms. The van der Waals surface area contributed by atoms with Gasteiger partial charge in [-0.25, -0.2) is 9.18 Å². The summed E-state index contributed by atoms with van der Waals surface area (Å²) in [4.78, 5) is 13.8. The first-order valence-corrected chi connectivity index (χ1v) is 7.02. The number of hydrogen-bond acceptors (Lipinski definition) is 2. The molecule has 1 aliphatic rings. The van der Waals surface area contributed by atoms with Gasteiger partial charge in [0.1, 0.15) is 12.4 Å². The normalized spacial score (nSPS) is 15.5. The molecule has 1 saturated heterocycles. The van der Waals surface area contributed by atoms with Gasteiger partial charge in [-0.2, -0.15) is 0 Å². The van der Waals surface area contributed by atoms with Gasteiger partial charge in [0.2, 0.25) is 0 Å². The van der Waals surface area contributed by atoms with Crippen molar-refractivity contribution in [2.24, 2.45) is 5.92 Å². The fourth-order valence-corrected chi connectivity index (χ4v) is 2.34. The van der Waals surface area contributed by atoms with Crippen LogP contribution in [0.15, 0.2) is 24.3 Å². The van der Waals surface area contributed by atoms with E-state index in [2.05, 4.69) is 11.2 Å². The fourth-order valence-electron chi connectivity index (χ4n) is 2.34. The van der Waals surface area contributed by atoms with Crippen molar-refractivity contribution in [2.45, 2.75) is 12.8 Å². The first-order chi connectivity index (χ1) is 10.2. The number of benzene rings is 1. The summed E-state index contributed by atoms with van der Waals surface area (Å²) in [6.07, 6.45) is 6.87. The van der Waals surface area contributed by atoms with Crippen LogP contribution >= 0.6 is 0 Å². The van der Waals surface area contributed by atoms with E-state index in [1.165, 1.54) is 6.07 Å². The lowest BCUT2D eigenvalue weighted by Gasteiger charge is -2.31. The van der Waals surface area contributed by atoms with Gasteiger partial charge in [0, 0.05) is 13.1 Å². The monoisotopic (exact) mass is 290 g/mol. The lowest BCUT2D eigenvalue weighted by atomic mass is 9.98. The number of amides is 2. The maximum absolute atomic E-state index is 13.5. The second-order valence-electron chi connectivity index (χ2n) is 5.06. The Hall–Kier alpha value is -2.06. The van der Waals surface area contributed by atoms with E-state index in [0.717, 1.165) is 12.8 Å². The summed E-state index contributed by atoms with van der Waals surface area (Å²) in [7, 11) is 0. The Morgan fingerprint density at radius 3 is 2.81 bits per heavy atom. The molecular weight excluding hydrogens is 271 g/mol.